The molecule has 0 bridgehead atoms. The average molecular weight is 508 g/mol. The van der Waals surface area contributed by atoms with Crippen LogP contribution in [-0.4, -0.2) is 75.4 Å². The van der Waals surface area contributed by atoms with Gasteiger partial charge in [-0.05, 0) is 30.4 Å². The summed E-state index contributed by atoms with van der Waals surface area (Å²) in [5.74, 6) is -3.52. The quantitative estimate of drug-likeness (QED) is 0.169. The highest BCUT2D eigenvalue weighted by Gasteiger charge is 2.30. The minimum Gasteiger partial charge on any atom is -0.480 e. The van der Waals surface area contributed by atoms with Gasteiger partial charge in [-0.3, -0.25) is 14.4 Å². The van der Waals surface area contributed by atoms with Crippen LogP contribution in [0.4, 0.5) is 0 Å². The molecule has 11 nitrogen and oxygen atoms in total. The number of benzene rings is 1. The van der Waals surface area contributed by atoms with E-state index in [9.17, 15) is 29.4 Å². The summed E-state index contributed by atoms with van der Waals surface area (Å²) in [4.78, 5) is 52.3. The number of hydrogen-bond acceptors (Lipinski definition) is 7. The molecular weight excluding hydrogens is 474 g/mol. The number of aromatic nitrogens is 1. The van der Waals surface area contributed by atoms with Crippen molar-refractivity contribution in [2.75, 3.05) is 12.4 Å². The summed E-state index contributed by atoms with van der Waals surface area (Å²) in [5, 5.41) is 27.1. The van der Waals surface area contributed by atoms with Crippen LogP contribution in [0.2, 0.25) is 0 Å². The van der Waals surface area contributed by atoms with Crippen molar-refractivity contribution in [2.24, 2.45) is 11.7 Å². The summed E-state index contributed by atoms with van der Waals surface area (Å²) in [7, 11) is 0. The zero-order chi connectivity index (χ0) is 26.1. The highest BCUT2D eigenvalue weighted by molar-refractivity contribution is 7.80. The molecule has 0 aliphatic heterocycles. The fourth-order valence-corrected chi connectivity index (χ4v) is 3.79. The van der Waals surface area contributed by atoms with Gasteiger partial charge in [0, 0.05) is 22.9 Å². The topological polar surface area (TPSA) is 187 Å². The van der Waals surface area contributed by atoms with Crippen molar-refractivity contribution < 1.29 is 29.4 Å². The number of aliphatic carboxylic acids is 1. The van der Waals surface area contributed by atoms with Crippen LogP contribution in [0.15, 0.2) is 30.5 Å². The van der Waals surface area contributed by atoms with Gasteiger partial charge in [-0.15, -0.1) is 0 Å². The Morgan fingerprint density at radius 1 is 1.00 bits per heavy atom. The monoisotopic (exact) mass is 507 g/mol. The van der Waals surface area contributed by atoms with Gasteiger partial charge < -0.3 is 36.9 Å². The lowest BCUT2D eigenvalue weighted by molar-refractivity contribution is -0.142. The number of aromatic amines is 1. The van der Waals surface area contributed by atoms with Crippen LogP contribution in [0.3, 0.4) is 0 Å². The molecule has 0 fully saturated rings. The fourth-order valence-electron chi connectivity index (χ4n) is 3.53. The number of rotatable bonds is 13. The Morgan fingerprint density at radius 3 is 2.20 bits per heavy atom. The molecule has 0 spiro atoms. The van der Waals surface area contributed by atoms with E-state index in [2.05, 4.69) is 33.6 Å². The van der Waals surface area contributed by atoms with Crippen molar-refractivity contribution in [3.63, 3.8) is 0 Å². The van der Waals surface area contributed by atoms with Crippen molar-refractivity contribution in [2.45, 2.75) is 50.9 Å². The molecule has 4 unspecified atom stereocenters. The maximum absolute atomic E-state index is 12.6. The van der Waals surface area contributed by atoms with Crippen LogP contribution in [0.25, 0.3) is 10.9 Å². The van der Waals surface area contributed by atoms with Gasteiger partial charge in [0.25, 0.3) is 0 Å². The zero-order valence-corrected chi connectivity index (χ0v) is 20.5. The van der Waals surface area contributed by atoms with E-state index < -0.39 is 54.5 Å². The van der Waals surface area contributed by atoms with Crippen molar-refractivity contribution in [3.8, 4) is 0 Å². The lowest BCUT2D eigenvalue weighted by Gasteiger charge is -2.24. The van der Waals surface area contributed by atoms with Gasteiger partial charge in [-0.1, -0.05) is 32.0 Å². The third-order valence-corrected chi connectivity index (χ3v) is 5.77. The van der Waals surface area contributed by atoms with E-state index in [1.807, 2.05) is 38.1 Å². The molecule has 1 aromatic carbocycles. The Balaban J connectivity index is 1.97. The van der Waals surface area contributed by atoms with E-state index in [0.717, 1.165) is 16.5 Å². The molecule has 1 heterocycles. The predicted molar refractivity (Wildman–Crippen MR) is 134 cm³/mol. The van der Waals surface area contributed by atoms with Crippen molar-refractivity contribution in [1.82, 2.24) is 20.9 Å². The van der Waals surface area contributed by atoms with E-state index in [1.54, 1.807) is 6.20 Å². The summed E-state index contributed by atoms with van der Waals surface area (Å²) in [5.41, 5.74) is 7.76. The second-order valence-corrected chi connectivity index (χ2v) is 9.05. The van der Waals surface area contributed by atoms with E-state index in [0.29, 0.717) is 0 Å². The first kappa shape index (κ1) is 28.1. The van der Waals surface area contributed by atoms with E-state index >= 15 is 0 Å². The number of aliphatic hydroxyl groups is 1. The van der Waals surface area contributed by atoms with Crippen LogP contribution in [0.1, 0.15) is 25.8 Å². The molecule has 12 heteroatoms. The number of aliphatic hydroxyl groups excluding tert-OH is 1. The van der Waals surface area contributed by atoms with Gasteiger partial charge in [-0.25, -0.2) is 4.79 Å². The maximum Gasteiger partial charge on any atom is 0.326 e. The largest absolute Gasteiger partial charge is 0.480 e. The number of H-pyrrole nitrogens is 1. The lowest BCUT2D eigenvalue weighted by Crippen LogP contribution is -2.58. The number of nitrogens with two attached hydrogens (primary N) is 1. The number of fused-ring (bicyclic) bond motifs is 1. The summed E-state index contributed by atoms with van der Waals surface area (Å²) < 4.78 is 0. The van der Waals surface area contributed by atoms with Crippen molar-refractivity contribution in [1.29, 1.82) is 0 Å². The van der Waals surface area contributed by atoms with Crippen LogP contribution in [0, 0.1) is 5.92 Å². The normalized spacial score (nSPS) is 14.7. The first-order chi connectivity index (χ1) is 16.6. The van der Waals surface area contributed by atoms with Crippen LogP contribution in [0.5, 0.6) is 0 Å². The number of carboxylic acid groups (broad SMARTS) is 1. The molecule has 8 N–H and O–H groups in total. The number of thiol groups is 1. The van der Waals surface area contributed by atoms with Gasteiger partial charge in [0.05, 0.1) is 12.6 Å². The summed E-state index contributed by atoms with van der Waals surface area (Å²) in [6.45, 7) is 2.90. The standard InChI is InChI=1S/C23H33N5O6S/c1-12(2)7-17(23(33)34)26-22(32)19(11-35)28-21(31)18(10-29)27-20(30)15(24)8-13-9-25-16-6-4-3-5-14(13)16/h3-6,9,12,15,17-19,25,29,35H,7-8,10-11,24H2,1-2H3,(H,26,32)(H,27,30)(H,28,31)(H,33,34). The van der Waals surface area contributed by atoms with Gasteiger partial charge in [0.2, 0.25) is 17.7 Å². The third-order valence-electron chi connectivity index (χ3n) is 5.40. The zero-order valence-electron chi connectivity index (χ0n) is 19.7. The minimum atomic E-state index is -1.36. The molecule has 0 aliphatic carbocycles. The number of para-hydroxylation sites is 1. The van der Waals surface area contributed by atoms with Gasteiger partial charge in [-0.2, -0.15) is 12.6 Å². The Morgan fingerprint density at radius 2 is 1.60 bits per heavy atom. The van der Waals surface area contributed by atoms with Crippen molar-refractivity contribution >= 4 is 47.2 Å². The summed E-state index contributed by atoms with van der Waals surface area (Å²) in [6, 6.07) is 2.88. The van der Waals surface area contributed by atoms with E-state index in [-0.39, 0.29) is 24.5 Å². The predicted octanol–water partition coefficient (Wildman–Crippen LogP) is -0.455. The molecule has 0 saturated heterocycles. The van der Waals surface area contributed by atoms with E-state index in [1.165, 1.54) is 0 Å². The molecule has 4 atom stereocenters. The van der Waals surface area contributed by atoms with Crippen LogP contribution in [-0.2, 0) is 25.6 Å². The molecule has 3 amide bonds. The molecule has 0 radical (unpaired) electrons. The van der Waals surface area contributed by atoms with Gasteiger partial charge in [0.1, 0.15) is 18.1 Å². The smallest absolute Gasteiger partial charge is 0.326 e. The lowest BCUT2D eigenvalue weighted by atomic mass is 10.0. The molecule has 192 valence electrons. The second-order valence-electron chi connectivity index (χ2n) is 8.69. The SMILES string of the molecule is CC(C)CC(NC(=O)C(CS)NC(=O)C(CO)NC(=O)C(N)Cc1c[nH]c2ccccc12)C(=O)O. The number of carbonyl (C=O) groups is 4. The number of hydrogen-bond donors (Lipinski definition) is 8. The maximum atomic E-state index is 12.6. The second kappa shape index (κ2) is 13.1. The Bertz CT molecular complexity index is 1040. The first-order valence-corrected chi connectivity index (χ1v) is 11.9. The minimum absolute atomic E-state index is 0.0166. The van der Waals surface area contributed by atoms with Crippen LogP contribution < -0.4 is 21.7 Å². The third kappa shape index (κ3) is 7.98. The number of carbonyl (C=O) groups excluding carboxylic acids is 3. The molecule has 2 aromatic rings. The number of carboxylic acids is 1. The molecule has 35 heavy (non-hydrogen) atoms. The molecule has 1 aromatic heterocycles. The number of amides is 3. The van der Waals surface area contributed by atoms with Crippen LogP contribution >= 0.6 is 12.6 Å². The van der Waals surface area contributed by atoms with Gasteiger partial charge in [0.15, 0.2) is 0 Å². The Kier molecular flexibility index (Phi) is 10.6. The molecule has 0 aliphatic rings. The molecular formula is C23H33N5O6S. The highest BCUT2D eigenvalue weighted by atomic mass is 32.1. The average Bonchev–Trinajstić information content (AvgIpc) is 3.22. The molecule has 2 rings (SSSR count). The van der Waals surface area contributed by atoms with Crippen molar-refractivity contribution in [3.05, 3.63) is 36.0 Å². The Labute approximate surface area is 208 Å². The first-order valence-electron chi connectivity index (χ1n) is 11.2. The summed E-state index contributed by atoms with van der Waals surface area (Å²) >= 11 is 4.06. The van der Waals surface area contributed by atoms with Gasteiger partial charge >= 0.3 is 5.97 Å². The molecule has 0 saturated carbocycles. The Hall–Kier alpha value is -3.09. The summed E-state index contributed by atoms with van der Waals surface area (Å²) in [6.07, 6.45) is 2.16. The number of nitrogens with one attached hydrogen (secondary N) is 4. The highest BCUT2D eigenvalue weighted by Crippen LogP contribution is 2.18. The van der Waals surface area contributed by atoms with E-state index in [4.69, 9.17) is 5.73 Å². The fraction of sp³-hybridized carbons (Fsp3) is 0.478.